The number of carbonyl (C=O) groups excluding carboxylic acids is 1. The van der Waals surface area contributed by atoms with E-state index in [9.17, 15) is 13.2 Å². The SMILES string of the molecule is Cc1ccc(N2CCN(S(C)(=O)=O)CC2)cc1C(=O)NC1(c2ccnc3ccccc23)CC1. The molecule has 0 bridgehead atoms. The van der Waals surface area contributed by atoms with Gasteiger partial charge in [-0.1, -0.05) is 24.3 Å². The van der Waals surface area contributed by atoms with Crippen LogP contribution in [0.2, 0.25) is 0 Å². The number of nitrogens with zero attached hydrogens (tertiary/aromatic N) is 3. The summed E-state index contributed by atoms with van der Waals surface area (Å²) in [6.45, 7) is 4.05. The van der Waals surface area contributed by atoms with Gasteiger partial charge in [-0.25, -0.2) is 8.42 Å². The van der Waals surface area contributed by atoms with Gasteiger partial charge in [0.2, 0.25) is 10.0 Å². The Morgan fingerprint density at radius 3 is 2.45 bits per heavy atom. The van der Waals surface area contributed by atoms with Crippen LogP contribution in [0.4, 0.5) is 5.69 Å². The van der Waals surface area contributed by atoms with E-state index in [1.165, 1.54) is 10.6 Å². The van der Waals surface area contributed by atoms with Crippen molar-refractivity contribution in [2.24, 2.45) is 0 Å². The highest BCUT2D eigenvalue weighted by molar-refractivity contribution is 7.88. The average Bonchev–Trinajstić information content (AvgIpc) is 3.59. The number of pyridine rings is 1. The number of rotatable bonds is 5. The quantitative estimate of drug-likeness (QED) is 0.628. The first-order valence-electron chi connectivity index (χ1n) is 11.2. The molecule has 1 aromatic heterocycles. The molecular weight excluding hydrogens is 436 g/mol. The van der Waals surface area contributed by atoms with Crippen molar-refractivity contribution in [2.45, 2.75) is 25.3 Å². The number of hydrogen-bond acceptors (Lipinski definition) is 5. The molecule has 33 heavy (non-hydrogen) atoms. The summed E-state index contributed by atoms with van der Waals surface area (Å²) in [5, 5.41) is 4.39. The van der Waals surface area contributed by atoms with Crippen molar-refractivity contribution < 1.29 is 13.2 Å². The molecule has 1 N–H and O–H groups in total. The maximum atomic E-state index is 13.4. The maximum Gasteiger partial charge on any atom is 0.252 e. The summed E-state index contributed by atoms with van der Waals surface area (Å²) in [5.74, 6) is -0.0810. The van der Waals surface area contributed by atoms with E-state index < -0.39 is 10.0 Å². The average molecular weight is 465 g/mol. The molecule has 0 spiro atoms. The van der Waals surface area contributed by atoms with Gasteiger partial charge in [0.25, 0.3) is 5.91 Å². The molecule has 1 amide bonds. The number of aryl methyl sites for hydroxylation is 1. The van der Waals surface area contributed by atoms with Crippen LogP contribution in [0, 0.1) is 6.92 Å². The van der Waals surface area contributed by atoms with Crippen molar-refractivity contribution in [1.82, 2.24) is 14.6 Å². The minimum absolute atomic E-state index is 0.0810. The molecule has 3 aromatic rings. The number of nitrogens with one attached hydrogen (secondary N) is 1. The smallest absolute Gasteiger partial charge is 0.252 e. The summed E-state index contributed by atoms with van der Waals surface area (Å²) >= 11 is 0. The Kier molecular flexibility index (Phi) is 5.37. The van der Waals surface area contributed by atoms with Gasteiger partial charge in [-0.15, -0.1) is 0 Å². The lowest BCUT2D eigenvalue weighted by Gasteiger charge is -2.35. The van der Waals surface area contributed by atoms with E-state index in [0.717, 1.165) is 40.6 Å². The molecule has 2 aromatic carbocycles. The lowest BCUT2D eigenvalue weighted by molar-refractivity contribution is 0.0930. The first-order chi connectivity index (χ1) is 15.8. The number of carbonyl (C=O) groups is 1. The predicted molar refractivity (Wildman–Crippen MR) is 130 cm³/mol. The molecule has 1 saturated carbocycles. The van der Waals surface area contributed by atoms with Gasteiger partial charge < -0.3 is 10.2 Å². The molecule has 1 aliphatic heterocycles. The maximum absolute atomic E-state index is 13.4. The Morgan fingerprint density at radius 2 is 1.76 bits per heavy atom. The van der Waals surface area contributed by atoms with E-state index in [1.807, 2.05) is 55.6 Å². The Bertz CT molecular complexity index is 1320. The molecule has 1 saturated heterocycles. The second kappa shape index (κ2) is 8.11. The van der Waals surface area contributed by atoms with Gasteiger partial charge in [-0.2, -0.15) is 4.31 Å². The Hall–Kier alpha value is -2.97. The first kappa shape index (κ1) is 21.9. The molecule has 2 fully saturated rings. The number of piperazine rings is 1. The van der Waals surface area contributed by atoms with Gasteiger partial charge in [-0.3, -0.25) is 9.78 Å². The van der Waals surface area contributed by atoms with E-state index in [4.69, 9.17) is 0 Å². The Balaban J connectivity index is 1.37. The largest absolute Gasteiger partial charge is 0.369 e. The Morgan fingerprint density at radius 1 is 1.03 bits per heavy atom. The monoisotopic (exact) mass is 464 g/mol. The van der Waals surface area contributed by atoms with Crippen molar-refractivity contribution in [3.8, 4) is 0 Å². The van der Waals surface area contributed by atoms with Gasteiger partial charge in [0.1, 0.15) is 0 Å². The van der Waals surface area contributed by atoms with Crippen LogP contribution in [0.15, 0.2) is 54.7 Å². The van der Waals surface area contributed by atoms with Gasteiger partial charge >= 0.3 is 0 Å². The fraction of sp³-hybridized carbons (Fsp3) is 0.360. The van der Waals surface area contributed by atoms with Gasteiger partial charge in [-0.05, 0) is 55.2 Å². The molecule has 0 radical (unpaired) electrons. The molecule has 8 heteroatoms. The number of sulfonamides is 1. The molecule has 7 nitrogen and oxygen atoms in total. The van der Waals surface area contributed by atoms with Crippen molar-refractivity contribution in [1.29, 1.82) is 0 Å². The second-order valence-corrected chi connectivity index (χ2v) is 11.0. The second-order valence-electron chi connectivity index (χ2n) is 9.06. The summed E-state index contributed by atoms with van der Waals surface area (Å²) in [7, 11) is -3.18. The third-order valence-corrected chi connectivity index (χ3v) is 8.11. The normalized spacial score (nSPS) is 18.3. The van der Waals surface area contributed by atoms with Crippen LogP contribution in [0.1, 0.15) is 34.3 Å². The van der Waals surface area contributed by atoms with E-state index in [2.05, 4.69) is 21.3 Å². The number of benzene rings is 2. The number of amides is 1. The fourth-order valence-corrected chi connectivity index (χ4v) is 5.54. The Labute approximate surface area is 194 Å². The van der Waals surface area contributed by atoms with Crippen LogP contribution in [-0.4, -0.2) is 56.0 Å². The van der Waals surface area contributed by atoms with E-state index >= 15 is 0 Å². The molecule has 2 aliphatic rings. The number of fused-ring (bicyclic) bond motifs is 1. The van der Waals surface area contributed by atoms with Crippen LogP contribution < -0.4 is 10.2 Å². The number of hydrogen-bond donors (Lipinski definition) is 1. The van der Waals surface area contributed by atoms with Gasteiger partial charge in [0, 0.05) is 49.0 Å². The summed E-state index contributed by atoms with van der Waals surface area (Å²) in [6, 6.07) is 16.0. The topological polar surface area (TPSA) is 82.6 Å². The molecule has 172 valence electrons. The lowest BCUT2D eigenvalue weighted by atomic mass is 9.99. The van der Waals surface area contributed by atoms with Crippen LogP contribution in [0.3, 0.4) is 0 Å². The minimum Gasteiger partial charge on any atom is -0.369 e. The third kappa shape index (κ3) is 4.20. The zero-order chi connectivity index (χ0) is 23.2. The fourth-order valence-electron chi connectivity index (χ4n) is 4.71. The summed E-state index contributed by atoms with van der Waals surface area (Å²) in [5.41, 5.74) is 4.21. The van der Waals surface area contributed by atoms with E-state index in [-0.39, 0.29) is 11.4 Å². The number of aromatic nitrogens is 1. The highest BCUT2D eigenvalue weighted by Gasteiger charge is 2.47. The molecule has 5 rings (SSSR count). The van der Waals surface area contributed by atoms with Crippen LogP contribution in [-0.2, 0) is 15.6 Å². The van der Waals surface area contributed by atoms with Crippen molar-refractivity contribution in [3.63, 3.8) is 0 Å². The summed E-state index contributed by atoms with van der Waals surface area (Å²) in [6.07, 6.45) is 4.86. The zero-order valence-corrected chi connectivity index (χ0v) is 19.7. The van der Waals surface area contributed by atoms with Crippen LogP contribution in [0.25, 0.3) is 10.9 Å². The lowest BCUT2D eigenvalue weighted by Crippen LogP contribution is -2.48. The van der Waals surface area contributed by atoms with E-state index in [1.54, 1.807) is 0 Å². The van der Waals surface area contributed by atoms with Crippen molar-refractivity contribution in [2.75, 3.05) is 37.3 Å². The van der Waals surface area contributed by atoms with Crippen LogP contribution in [0.5, 0.6) is 0 Å². The summed E-state index contributed by atoms with van der Waals surface area (Å²) in [4.78, 5) is 20.0. The van der Waals surface area contributed by atoms with Crippen molar-refractivity contribution >= 4 is 32.5 Å². The standard InChI is InChI=1S/C25H28N4O3S/c1-18-7-8-19(28-13-15-29(16-14-28)33(2,31)32)17-21(18)24(30)27-25(10-11-25)22-9-12-26-23-6-4-3-5-20(22)23/h3-9,12,17H,10-11,13-16H2,1-2H3,(H,27,30). The van der Waals surface area contributed by atoms with Crippen molar-refractivity contribution in [3.05, 3.63) is 71.4 Å². The number of para-hydroxylation sites is 1. The highest BCUT2D eigenvalue weighted by Crippen LogP contribution is 2.47. The predicted octanol–water partition coefficient (Wildman–Crippen LogP) is 3.04. The highest BCUT2D eigenvalue weighted by atomic mass is 32.2. The minimum atomic E-state index is -3.18. The molecular formula is C25H28N4O3S. The molecule has 1 aliphatic carbocycles. The first-order valence-corrected chi connectivity index (χ1v) is 13.1. The third-order valence-electron chi connectivity index (χ3n) is 6.81. The summed E-state index contributed by atoms with van der Waals surface area (Å²) < 4.78 is 25.1. The number of anilines is 1. The molecule has 0 atom stereocenters. The molecule has 2 heterocycles. The van der Waals surface area contributed by atoms with Gasteiger partial charge in [0.05, 0.1) is 17.3 Å². The van der Waals surface area contributed by atoms with Crippen LogP contribution >= 0.6 is 0 Å². The van der Waals surface area contributed by atoms with E-state index in [0.29, 0.717) is 31.7 Å². The zero-order valence-electron chi connectivity index (χ0n) is 18.9. The molecule has 0 unspecified atom stereocenters. The van der Waals surface area contributed by atoms with Gasteiger partial charge in [0.15, 0.2) is 0 Å².